The number of carbonyl (C=O) groups excluding carboxylic acids is 3. The number of rotatable bonds is 28. The normalized spacial score (nSPS) is 11.9. The van der Waals surface area contributed by atoms with Crippen molar-refractivity contribution in [2.24, 2.45) is 0 Å². The van der Waals surface area contributed by atoms with Crippen LogP contribution in [0.15, 0.2) is 188 Å². The molecule has 12 rings (SSSR count). The van der Waals surface area contributed by atoms with Gasteiger partial charge in [0.1, 0.15) is 34.6 Å². The molecular formula is C79H85B3N14O17S3. The van der Waals surface area contributed by atoms with Crippen LogP contribution in [0.2, 0.25) is 0 Å². The van der Waals surface area contributed by atoms with Crippen LogP contribution in [0.25, 0.3) is 0 Å². The molecule has 11 aromatic rings. The molecule has 31 nitrogen and oxygen atoms in total. The first-order chi connectivity index (χ1) is 55.1. The van der Waals surface area contributed by atoms with Gasteiger partial charge >= 0.3 is 58.0 Å². The summed E-state index contributed by atoms with van der Waals surface area (Å²) in [6.45, 7) is 18.4. The average molecular weight is 1630 g/mol. The molecule has 0 unspecified atom stereocenters. The minimum atomic E-state index is -4.52. The van der Waals surface area contributed by atoms with Crippen molar-refractivity contribution in [3.8, 4) is 23.0 Å². The van der Waals surface area contributed by atoms with Crippen LogP contribution in [0.1, 0.15) is 89.4 Å². The lowest BCUT2D eigenvalue weighted by Crippen LogP contribution is -2.61. The highest BCUT2D eigenvalue weighted by Gasteiger charge is 2.44. The molecule has 0 saturated carbocycles. The highest BCUT2D eigenvalue weighted by molar-refractivity contribution is 7.94. The number of ketones is 2. The standard InChI is InChI=1S/C28H25N5O4.C27H33N9O8S3.C24H27B3O5/c1-17(34)19-4-10-22(11-5-19)29-25-16-26(30-23-12-6-20(7-13-23)18(2)35)33-28(32-25)31-24-14-8-21(9-15-24)27(36)37-3;1-16-7-17(2)10-20(9-16)31-45(37,38)34-25-28-26(35-46(39,40)32-21-11-18(3)8-19(4)12-21)30-27(29-25)36-47(41,42)33-22-13-23(43-5)15-24(14-22)44-6;1-16-7-9-20(13-18(16)3)25-30-26(21-11-12-23(28-5)19(4)14-21)32-27(31-25)22-10-8-17(2)24(15-22)29-6/h4-16H,1-3H3,(H3,29,30,31,32,33);7-15,31-33H,1-6H3,(H3,28,29,30,34,35,36);7-15H,1-6H3. The lowest BCUT2D eigenvalue weighted by Gasteiger charge is -2.32. The quantitative estimate of drug-likeness (QED) is 0.0125. The fraction of sp³-hybridized carbons (Fsp3) is 0.190. The summed E-state index contributed by atoms with van der Waals surface area (Å²) in [5.41, 5.74) is 14.6. The van der Waals surface area contributed by atoms with E-state index in [-0.39, 0.29) is 40.1 Å². The molecule has 2 aromatic heterocycles. The molecule has 9 aromatic carbocycles. The minimum Gasteiger partial charge on any atom is -0.497 e. The van der Waals surface area contributed by atoms with E-state index in [1.807, 2.05) is 73.2 Å². The van der Waals surface area contributed by atoms with Crippen molar-refractivity contribution in [3.05, 3.63) is 249 Å². The van der Waals surface area contributed by atoms with E-state index in [0.29, 0.717) is 40.0 Å². The van der Waals surface area contributed by atoms with Gasteiger partial charge in [0.25, 0.3) is 0 Å². The van der Waals surface area contributed by atoms with E-state index in [9.17, 15) is 39.6 Å². The molecule has 0 atom stereocenters. The number of esters is 1. The van der Waals surface area contributed by atoms with E-state index < -0.39 is 75.8 Å². The zero-order chi connectivity index (χ0) is 83.8. The Kier molecular flexibility index (Phi) is 28.0. The Morgan fingerprint density at radius 1 is 0.319 bits per heavy atom. The summed E-state index contributed by atoms with van der Waals surface area (Å²) < 4.78 is 136. The van der Waals surface area contributed by atoms with E-state index >= 15 is 0 Å². The molecule has 0 aliphatic carbocycles. The molecule has 37 heteroatoms. The molecule has 0 bridgehead atoms. The number of hydrogen-bond donors (Lipinski definition) is 9. The van der Waals surface area contributed by atoms with Gasteiger partial charge in [-0.3, -0.25) is 23.8 Å². The molecule has 116 heavy (non-hydrogen) atoms. The van der Waals surface area contributed by atoms with Gasteiger partial charge in [-0.05, 0) is 239 Å². The second kappa shape index (κ2) is 37.9. The van der Waals surface area contributed by atoms with Crippen molar-refractivity contribution in [1.29, 1.82) is 0 Å². The first-order valence-corrected chi connectivity index (χ1v) is 40.1. The van der Waals surface area contributed by atoms with Gasteiger partial charge in [-0.15, -0.1) is 0 Å². The Morgan fingerprint density at radius 3 is 1.05 bits per heavy atom. The van der Waals surface area contributed by atoms with E-state index in [2.05, 4.69) is 90.5 Å². The van der Waals surface area contributed by atoms with Gasteiger partial charge in [0.05, 0.1) is 58.2 Å². The van der Waals surface area contributed by atoms with Crippen LogP contribution in [0, 0.1) is 55.4 Å². The maximum atomic E-state index is 13.1. The van der Waals surface area contributed by atoms with E-state index in [1.54, 1.807) is 145 Å². The third-order valence-corrected chi connectivity index (χ3v) is 20.1. The topological polar surface area (TPSA) is 400 Å². The van der Waals surface area contributed by atoms with E-state index in [4.69, 9.17) is 37.4 Å². The number of carbonyl (C=O) groups is 3. The molecule has 0 amide bonds. The van der Waals surface area contributed by atoms with Crippen molar-refractivity contribution in [1.82, 2.24) is 24.9 Å². The molecule has 3 heterocycles. The third-order valence-electron chi connectivity index (χ3n) is 17.2. The first kappa shape index (κ1) is 85.6. The first-order valence-electron chi connectivity index (χ1n) is 35.6. The molecule has 600 valence electrons. The predicted octanol–water partition coefficient (Wildman–Crippen LogP) is 11.8. The predicted molar refractivity (Wildman–Crippen MR) is 453 cm³/mol. The van der Waals surface area contributed by atoms with Crippen LogP contribution in [-0.2, 0) is 49.1 Å². The second-order valence-corrected chi connectivity index (χ2v) is 30.9. The van der Waals surface area contributed by atoms with E-state index in [0.717, 1.165) is 72.6 Å². The molecule has 0 radical (unpaired) electrons. The lowest BCUT2D eigenvalue weighted by molar-refractivity contribution is 0.0600. The number of aryl methyl sites for hydroxylation is 8. The van der Waals surface area contributed by atoms with Crippen LogP contribution in [0.3, 0.4) is 0 Å². The average Bonchev–Trinajstić information content (AvgIpc) is 0.793. The number of nitrogens with one attached hydrogen (secondary N) is 9. The Labute approximate surface area is 674 Å². The highest BCUT2D eigenvalue weighted by atomic mass is 32.2. The van der Waals surface area contributed by atoms with Crippen LogP contribution in [0.4, 0.5) is 69.6 Å². The fourth-order valence-corrected chi connectivity index (χ4v) is 14.1. The molecule has 0 spiro atoms. The number of ether oxygens (including phenoxy) is 5. The summed E-state index contributed by atoms with van der Waals surface area (Å²) in [5.74, 6) is 0.856. The van der Waals surface area contributed by atoms with Gasteiger partial charge in [-0.1, -0.05) is 54.6 Å². The van der Waals surface area contributed by atoms with Gasteiger partial charge in [0.15, 0.2) is 11.6 Å². The summed E-state index contributed by atoms with van der Waals surface area (Å²) in [5, 5.41) is 9.60. The molecule has 1 aliphatic rings. The van der Waals surface area contributed by atoms with Gasteiger partial charge in [0, 0.05) is 52.5 Å². The van der Waals surface area contributed by atoms with Crippen LogP contribution >= 0.6 is 0 Å². The summed E-state index contributed by atoms with van der Waals surface area (Å²) in [4.78, 5) is 55.5. The number of nitrogens with zero attached hydrogens (tertiary/aromatic N) is 5. The fourth-order valence-electron chi connectivity index (χ4n) is 11.6. The SMILES string of the molecule is COC(=O)c1ccc(Nc2nc(Nc3ccc(C(C)=O)cc3)cc(Nc3ccc(C(C)=O)cc3)n2)cc1.COc1cc(NS(=O)(=O)Nc2nc(NS(=O)(=O)Nc3cc(C)cc(C)c3)nc(NS(=O)(=O)Nc3cc(C)cc(C)c3)n2)cc(OC)c1.COc1ccc(B2OB(c3ccc(C)c(C)c3)OB(c3ccc(C)c(OC)c3)O2)cc1C. The summed E-state index contributed by atoms with van der Waals surface area (Å²) in [7, 11) is -7.75. The van der Waals surface area contributed by atoms with Gasteiger partial charge in [0.2, 0.25) is 23.8 Å². The number of methoxy groups -OCH3 is 5. The Morgan fingerprint density at radius 2 is 0.681 bits per heavy atom. The molecule has 1 aliphatic heterocycles. The number of benzene rings is 9. The van der Waals surface area contributed by atoms with Crippen molar-refractivity contribution in [2.45, 2.75) is 69.2 Å². The number of Topliss-reactive ketones (excluding diaryl/α,β-unsaturated/α-hetero) is 2. The Balaban J connectivity index is 0.000000187. The van der Waals surface area contributed by atoms with E-state index in [1.165, 1.54) is 64.5 Å². The zero-order valence-electron chi connectivity index (χ0n) is 66.0. The van der Waals surface area contributed by atoms with Crippen LogP contribution in [0.5, 0.6) is 23.0 Å². The minimum absolute atomic E-state index is 0.0134. The van der Waals surface area contributed by atoms with Crippen molar-refractivity contribution in [3.63, 3.8) is 0 Å². The molecule has 1 saturated heterocycles. The highest BCUT2D eigenvalue weighted by Crippen LogP contribution is 2.30. The lowest BCUT2D eigenvalue weighted by atomic mass is 9.61. The van der Waals surface area contributed by atoms with Crippen LogP contribution in [-0.4, -0.2) is 125 Å². The largest absolute Gasteiger partial charge is 0.497 e. The Hall–Kier alpha value is -12.8. The monoisotopic (exact) mass is 1630 g/mol. The molecule has 1 fully saturated rings. The van der Waals surface area contributed by atoms with Crippen molar-refractivity contribution < 1.29 is 77.0 Å². The van der Waals surface area contributed by atoms with Crippen molar-refractivity contribution in [2.75, 3.05) is 79.8 Å². The molecular weight excluding hydrogens is 1550 g/mol. The number of aromatic nitrogens is 5. The maximum Gasteiger partial charge on any atom is 0.467 e. The van der Waals surface area contributed by atoms with Gasteiger partial charge < -0.3 is 53.4 Å². The Bertz CT molecular complexity index is 5550. The van der Waals surface area contributed by atoms with Gasteiger partial charge in [-0.2, -0.15) is 50.2 Å². The van der Waals surface area contributed by atoms with Crippen LogP contribution < -0.4 is 79.6 Å². The molecule has 9 N–H and O–H groups in total. The smallest absolute Gasteiger partial charge is 0.467 e. The number of hydrogen-bond acceptors (Lipinski definition) is 25. The maximum absolute atomic E-state index is 13.1. The summed E-state index contributed by atoms with van der Waals surface area (Å²) in [6.07, 6.45) is 0. The third kappa shape index (κ3) is 24.4. The summed E-state index contributed by atoms with van der Waals surface area (Å²) in [6, 6.07) is 55.0. The second-order valence-electron chi connectivity index (χ2n) is 26.7. The zero-order valence-corrected chi connectivity index (χ0v) is 68.5. The van der Waals surface area contributed by atoms with Gasteiger partial charge in [-0.25, -0.2) is 19.0 Å². The summed E-state index contributed by atoms with van der Waals surface area (Å²) >= 11 is 0. The van der Waals surface area contributed by atoms with Crippen molar-refractivity contribution >= 4 is 155 Å². The number of anilines is 12.